The van der Waals surface area contributed by atoms with Gasteiger partial charge in [-0.1, -0.05) is 11.6 Å². The maximum atomic E-state index is 15.4. The molecule has 0 unspecified atom stereocenters. The highest BCUT2D eigenvalue weighted by atomic mass is 35.5. The first-order valence-corrected chi connectivity index (χ1v) is 13.9. The van der Waals surface area contributed by atoms with Gasteiger partial charge < -0.3 is 39.0 Å². The Morgan fingerprint density at radius 1 is 0.767 bits per heavy atom. The average Bonchev–Trinajstić information content (AvgIpc) is 3.61. The standard InChI is InChI=1S/C29H32ClFN2O10/c1-40-20-10-16-12-32(22(34)4-6-24(36)37)14-18(16)26(30)28(20)42-8-3-9-43-29-21(41-2)11-17-13-33(15-19(17)27(29)31)23(35)5-7-25(38)39/h10-11H,3-9,12-15H2,1-2H3,(H,36,37)(H,38,39). The SMILES string of the molecule is COc1cc2c(c(F)c1OCCCOc1c(OC)cc3c(c1Cl)CN(C(=O)CCC(=O)O)C3)CN(C(=O)CCC(=O)O)C2. The van der Waals surface area contributed by atoms with Crippen LogP contribution in [0, 0.1) is 5.82 Å². The van der Waals surface area contributed by atoms with Crippen molar-refractivity contribution in [2.45, 2.75) is 58.3 Å². The molecule has 0 aliphatic carbocycles. The van der Waals surface area contributed by atoms with Gasteiger partial charge in [0.1, 0.15) is 0 Å². The summed E-state index contributed by atoms with van der Waals surface area (Å²) in [6, 6.07) is 3.34. The Morgan fingerprint density at radius 3 is 1.74 bits per heavy atom. The second kappa shape index (κ2) is 13.8. The molecule has 0 aromatic heterocycles. The normalized spacial score (nSPS) is 13.4. The number of benzene rings is 2. The van der Waals surface area contributed by atoms with E-state index >= 15 is 4.39 Å². The molecule has 14 heteroatoms. The number of hydrogen-bond acceptors (Lipinski definition) is 8. The Morgan fingerprint density at radius 2 is 1.23 bits per heavy atom. The van der Waals surface area contributed by atoms with Crippen LogP contribution >= 0.6 is 11.6 Å². The lowest BCUT2D eigenvalue weighted by Gasteiger charge is -2.16. The lowest BCUT2D eigenvalue weighted by Crippen LogP contribution is -2.25. The number of hydrogen-bond donors (Lipinski definition) is 2. The molecule has 2 heterocycles. The minimum Gasteiger partial charge on any atom is -0.493 e. The van der Waals surface area contributed by atoms with Gasteiger partial charge in [0.15, 0.2) is 28.8 Å². The molecule has 2 amide bonds. The summed E-state index contributed by atoms with van der Waals surface area (Å²) >= 11 is 6.64. The predicted octanol–water partition coefficient (Wildman–Crippen LogP) is 3.76. The second-order valence-corrected chi connectivity index (χ2v) is 10.4. The molecule has 0 atom stereocenters. The van der Waals surface area contributed by atoms with Crippen LogP contribution in [0.4, 0.5) is 4.39 Å². The van der Waals surface area contributed by atoms with Gasteiger partial charge in [-0.2, -0.15) is 0 Å². The molecule has 232 valence electrons. The molecule has 0 saturated heterocycles. The highest BCUT2D eigenvalue weighted by molar-refractivity contribution is 6.33. The molecule has 2 N–H and O–H groups in total. The maximum Gasteiger partial charge on any atom is 0.303 e. The van der Waals surface area contributed by atoms with Crippen molar-refractivity contribution in [3.05, 3.63) is 45.2 Å². The molecular formula is C29H32ClFN2O10. The Balaban J connectivity index is 1.35. The molecule has 0 saturated carbocycles. The Kier molecular flexibility index (Phi) is 10.2. The number of fused-ring (bicyclic) bond motifs is 2. The molecule has 2 aromatic carbocycles. The van der Waals surface area contributed by atoms with Crippen LogP contribution in [0.2, 0.25) is 5.02 Å². The van der Waals surface area contributed by atoms with Crippen LogP contribution in [0.25, 0.3) is 0 Å². The highest BCUT2D eigenvalue weighted by Crippen LogP contribution is 2.43. The Hall–Kier alpha value is -4.26. The third-order valence-electron chi connectivity index (χ3n) is 7.21. The van der Waals surface area contributed by atoms with Crippen molar-refractivity contribution in [3.63, 3.8) is 0 Å². The molecule has 43 heavy (non-hydrogen) atoms. The first kappa shape index (κ1) is 31.7. The zero-order valence-corrected chi connectivity index (χ0v) is 24.5. The topological polar surface area (TPSA) is 152 Å². The van der Waals surface area contributed by atoms with E-state index in [-0.39, 0.29) is 99.2 Å². The van der Waals surface area contributed by atoms with Gasteiger partial charge >= 0.3 is 11.9 Å². The minimum atomic E-state index is -1.08. The molecule has 0 fully saturated rings. The zero-order valence-electron chi connectivity index (χ0n) is 23.7. The lowest BCUT2D eigenvalue weighted by atomic mass is 10.1. The molecule has 2 aliphatic heterocycles. The van der Waals surface area contributed by atoms with Crippen LogP contribution in [0.1, 0.15) is 54.4 Å². The van der Waals surface area contributed by atoms with E-state index in [1.807, 2.05) is 0 Å². The molecule has 2 aromatic rings. The lowest BCUT2D eigenvalue weighted by molar-refractivity contribution is -0.141. The van der Waals surface area contributed by atoms with E-state index in [2.05, 4.69) is 0 Å². The van der Waals surface area contributed by atoms with Gasteiger partial charge in [0.05, 0.1) is 45.3 Å². The van der Waals surface area contributed by atoms with E-state index < -0.39 is 17.8 Å². The second-order valence-electron chi connectivity index (χ2n) is 10.1. The number of carbonyl (C=O) groups is 4. The van der Waals surface area contributed by atoms with E-state index in [1.54, 1.807) is 12.1 Å². The van der Waals surface area contributed by atoms with Gasteiger partial charge in [0.25, 0.3) is 0 Å². The summed E-state index contributed by atoms with van der Waals surface area (Å²) in [6.45, 7) is 0.840. The maximum absolute atomic E-state index is 15.4. The van der Waals surface area contributed by atoms with Crippen molar-refractivity contribution in [2.75, 3.05) is 27.4 Å². The molecule has 0 bridgehead atoms. The van der Waals surface area contributed by atoms with Crippen LogP contribution in [0.3, 0.4) is 0 Å². The van der Waals surface area contributed by atoms with Gasteiger partial charge in [-0.25, -0.2) is 4.39 Å². The molecule has 4 rings (SSSR count). The van der Waals surface area contributed by atoms with E-state index in [0.29, 0.717) is 28.9 Å². The molecule has 0 spiro atoms. The Labute approximate surface area is 251 Å². The summed E-state index contributed by atoms with van der Waals surface area (Å²) in [5.74, 6) is -2.71. The van der Waals surface area contributed by atoms with Crippen molar-refractivity contribution in [1.29, 1.82) is 0 Å². The number of halogens is 2. The smallest absolute Gasteiger partial charge is 0.303 e. The van der Waals surface area contributed by atoms with E-state index in [9.17, 15) is 19.2 Å². The third kappa shape index (κ3) is 7.22. The highest BCUT2D eigenvalue weighted by Gasteiger charge is 2.31. The first-order chi connectivity index (χ1) is 20.5. The summed E-state index contributed by atoms with van der Waals surface area (Å²) in [5.41, 5.74) is 2.33. The number of carboxylic acids is 2. The summed E-state index contributed by atoms with van der Waals surface area (Å²) in [6.07, 6.45) is -0.514. The first-order valence-electron chi connectivity index (χ1n) is 13.5. The molecule has 2 aliphatic rings. The summed E-state index contributed by atoms with van der Waals surface area (Å²) in [7, 11) is 2.84. The van der Waals surface area contributed by atoms with Gasteiger partial charge in [0, 0.05) is 51.0 Å². The number of methoxy groups -OCH3 is 2. The summed E-state index contributed by atoms with van der Waals surface area (Å²) in [4.78, 5) is 49.3. The van der Waals surface area contributed by atoms with Crippen molar-refractivity contribution < 1.29 is 52.7 Å². The van der Waals surface area contributed by atoms with Crippen LogP contribution in [0.15, 0.2) is 12.1 Å². The number of nitrogens with zero attached hydrogens (tertiary/aromatic N) is 2. The number of rotatable bonds is 14. The zero-order chi connectivity index (χ0) is 31.3. The number of carboxylic acid groups (broad SMARTS) is 2. The quantitative estimate of drug-likeness (QED) is 0.298. The van der Waals surface area contributed by atoms with Crippen LogP contribution in [-0.4, -0.2) is 71.2 Å². The van der Waals surface area contributed by atoms with Crippen LogP contribution in [0.5, 0.6) is 23.0 Å². The predicted molar refractivity (Wildman–Crippen MR) is 149 cm³/mol. The van der Waals surface area contributed by atoms with E-state index in [1.165, 1.54) is 24.0 Å². The fourth-order valence-electron chi connectivity index (χ4n) is 5.00. The average molecular weight is 623 g/mol. The molecule has 12 nitrogen and oxygen atoms in total. The largest absolute Gasteiger partial charge is 0.493 e. The number of amides is 2. The fourth-order valence-corrected chi connectivity index (χ4v) is 5.33. The van der Waals surface area contributed by atoms with Gasteiger partial charge in [0.2, 0.25) is 11.8 Å². The minimum absolute atomic E-state index is 0.00227. The van der Waals surface area contributed by atoms with Crippen molar-refractivity contribution >= 4 is 35.4 Å². The van der Waals surface area contributed by atoms with Crippen LogP contribution in [-0.2, 0) is 45.4 Å². The van der Waals surface area contributed by atoms with Crippen molar-refractivity contribution in [2.24, 2.45) is 0 Å². The number of aliphatic carboxylic acids is 2. The van der Waals surface area contributed by atoms with Gasteiger partial charge in [-0.15, -0.1) is 0 Å². The number of ether oxygens (including phenoxy) is 4. The summed E-state index contributed by atoms with van der Waals surface area (Å²) in [5, 5.41) is 18.0. The number of carbonyl (C=O) groups excluding carboxylic acids is 2. The van der Waals surface area contributed by atoms with Gasteiger partial charge in [-0.3, -0.25) is 19.2 Å². The molecule has 0 radical (unpaired) electrons. The van der Waals surface area contributed by atoms with Crippen molar-refractivity contribution in [1.82, 2.24) is 9.80 Å². The van der Waals surface area contributed by atoms with Crippen LogP contribution < -0.4 is 18.9 Å². The third-order valence-corrected chi connectivity index (χ3v) is 7.61. The van der Waals surface area contributed by atoms with Crippen molar-refractivity contribution in [3.8, 4) is 23.0 Å². The van der Waals surface area contributed by atoms with Gasteiger partial charge in [-0.05, 0) is 28.8 Å². The summed E-state index contributed by atoms with van der Waals surface area (Å²) < 4.78 is 37.9. The molecular weight excluding hydrogens is 591 g/mol. The monoisotopic (exact) mass is 622 g/mol. The van der Waals surface area contributed by atoms with E-state index in [0.717, 1.165) is 5.56 Å². The fraction of sp³-hybridized carbons (Fsp3) is 0.448. The van der Waals surface area contributed by atoms with E-state index in [4.69, 9.17) is 40.8 Å². The Bertz CT molecular complexity index is 1330.